The fourth-order valence-electron chi connectivity index (χ4n) is 3.28. The average molecular weight is 343 g/mol. The Labute approximate surface area is 147 Å². The lowest BCUT2D eigenvalue weighted by molar-refractivity contribution is -0.122. The summed E-state index contributed by atoms with van der Waals surface area (Å²) in [4.78, 5) is 24.1. The molecule has 0 radical (unpaired) electrons. The fraction of sp³-hybridized carbons (Fsp3) is 0.526. The van der Waals surface area contributed by atoms with Crippen molar-refractivity contribution in [3.8, 4) is 11.5 Å². The SMILES string of the molecule is O=C(CCCn1nc(-c2ccco2)ccc1=O)NC1CCCCCC1. The molecule has 0 aliphatic heterocycles. The molecule has 1 N–H and O–H groups in total. The Morgan fingerprint density at radius 3 is 2.72 bits per heavy atom. The molecule has 1 fully saturated rings. The second kappa shape index (κ2) is 8.65. The van der Waals surface area contributed by atoms with Crippen LogP contribution in [0.5, 0.6) is 0 Å². The lowest BCUT2D eigenvalue weighted by Gasteiger charge is -2.16. The van der Waals surface area contributed by atoms with Crippen LogP contribution in [0.2, 0.25) is 0 Å². The molecular formula is C19H25N3O3. The molecule has 2 aromatic rings. The largest absolute Gasteiger partial charge is 0.463 e. The zero-order valence-corrected chi connectivity index (χ0v) is 14.4. The van der Waals surface area contributed by atoms with Crippen molar-refractivity contribution in [2.45, 2.75) is 64.0 Å². The quantitative estimate of drug-likeness (QED) is 0.818. The first kappa shape index (κ1) is 17.5. The molecule has 6 nitrogen and oxygen atoms in total. The first-order valence-electron chi connectivity index (χ1n) is 9.14. The number of hydrogen-bond donors (Lipinski definition) is 1. The third-order valence-corrected chi connectivity index (χ3v) is 4.63. The molecule has 25 heavy (non-hydrogen) atoms. The number of rotatable bonds is 6. The van der Waals surface area contributed by atoms with Crippen LogP contribution in [-0.2, 0) is 11.3 Å². The second-order valence-electron chi connectivity index (χ2n) is 6.62. The van der Waals surface area contributed by atoms with Gasteiger partial charge < -0.3 is 9.73 Å². The minimum Gasteiger partial charge on any atom is -0.463 e. The molecule has 0 aromatic carbocycles. The van der Waals surface area contributed by atoms with Gasteiger partial charge in [0.25, 0.3) is 5.56 Å². The zero-order chi connectivity index (χ0) is 17.5. The van der Waals surface area contributed by atoms with Gasteiger partial charge in [-0.1, -0.05) is 25.7 Å². The molecule has 3 rings (SSSR count). The van der Waals surface area contributed by atoms with Gasteiger partial charge in [0.15, 0.2) is 5.76 Å². The highest BCUT2D eigenvalue weighted by atomic mass is 16.3. The van der Waals surface area contributed by atoms with Crippen molar-refractivity contribution in [1.82, 2.24) is 15.1 Å². The molecule has 2 aromatic heterocycles. The van der Waals surface area contributed by atoms with Crippen LogP contribution < -0.4 is 10.9 Å². The Kier molecular flexibility index (Phi) is 6.04. The van der Waals surface area contributed by atoms with Gasteiger partial charge >= 0.3 is 0 Å². The van der Waals surface area contributed by atoms with E-state index in [4.69, 9.17) is 4.42 Å². The van der Waals surface area contributed by atoms with Crippen molar-refractivity contribution >= 4 is 5.91 Å². The van der Waals surface area contributed by atoms with Crippen molar-refractivity contribution in [2.24, 2.45) is 0 Å². The molecule has 1 saturated carbocycles. The lowest BCUT2D eigenvalue weighted by Crippen LogP contribution is -2.34. The van der Waals surface area contributed by atoms with E-state index < -0.39 is 0 Å². The topological polar surface area (TPSA) is 77.1 Å². The van der Waals surface area contributed by atoms with Gasteiger partial charge in [0.05, 0.1) is 6.26 Å². The van der Waals surface area contributed by atoms with Gasteiger partial charge in [-0.05, 0) is 37.5 Å². The van der Waals surface area contributed by atoms with Crippen molar-refractivity contribution < 1.29 is 9.21 Å². The Hall–Kier alpha value is -2.37. The van der Waals surface area contributed by atoms with Crippen LogP contribution in [0.15, 0.2) is 39.7 Å². The van der Waals surface area contributed by atoms with E-state index in [1.807, 2.05) is 0 Å². The zero-order valence-electron chi connectivity index (χ0n) is 14.4. The second-order valence-corrected chi connectivity index (χ2v) is 6.62. The fourth-order valence-corrected chi connectivity index (χ4v) is 3.28. The third kappa shape index (κ3) is 5.05. The van der Waals surface area contributed by atoms with Crippen LogP contribution in [0.25, 0.3) is 11.5 Å². The van der Waals surface area contributed by atoms with Crippen molar-refractivity contribution in [2.75, 3.05) is 0 Å². The Morgan fingerprint density at radius 1 is 1.20 bits per heavy atom. The minimum absolute atomic E-state index is 0.0714. The summed E-state index contributed by atoms with van der Waals surface area (Å²) in [5.41, 5.74) is 0.451. The first-order valence-corrected chi connectivity index (χ1v) is 9.14. The summed E-state index contributed by atoms with van der Waals surface area (Å²) in [5, 5.41) is 7.45. The van der Waals surface area contributed by atoms with Crippen molar-refractivity contribution in [1.29, 1.82) is 0 Å². The van der Waals surface area contributed by atoms with Gasteiger partial charge in [0.2, 0.25) is 5.91 Å². The molecule has 134 valence electrons. The summed E-state index contributed by atoms with van der Waals surface area (Å²) in [6, 6.07) is 7.03. The Bertz CT molecular complexity index is 729. The molecule has 0 spiro atoms. The van der Waals surface area contributed by atoms with Crippen LogP contribution in [0.4, 0.5) is 0 Å². The summed E-state index contributed by atoms with van der Waals surface area (Å²) in [7, 11) is 0. The normalized spacial score (nSPS) is 15.7. The molecule has 1 aliphatic rings. The van der Waals surface area contributed by atoms with Crippen LogP contribution in [0.3, 0.4) is 0 Å². The lowest BCUT2D eigenvalue weighted by atomic mass is 10.1. The van der Waals surface area contributed by atoms with Crippen LogP contribution in [-0.4, -0.2) is 21.7 Å². The highest BCUT2D eigenvalue weighted by molar-refractivity contribution is 5.76. The van der Waals surface area contributed by atoms with E-state index in [9.17, 15) is 9.59 Å². The van der Waals surface area contributed by atoms with Gasteiger partial charge in [-0.25, -0.2) is 4.68 Å². The Balaban J connectivity index is 1.50. The third-order valence-electron chi connectivity index (χ3n) is 4.63. The molecule has 0 unspecified atom stereocenters. The molecule has 0 atom stereocenters. The van der Waals surface area contributed by atoms with Crippen LogP contribution >= 0.6 is 0 Å². The smallest absolute Gasteiger partial charge is 0.266 e. The Morgan fingerprint density at radius 2 is 2.00 bits per heavy atom. The van der Waals surface area contributed by atoms with Gasteiger partial charge in [-0.2, -0.15) is 5.10 Å². The number of amides is 1. The standard InChI is InChI=1S/C19H25N3O3/c23-18(20-15-7-3-1-2-4-8-15)10-5-13-22-19(24)12-11-16(21-22)17-9-6-14-25-17/h6,9,11-12,14-15H,1-5,7-8,10,13H2,(H,20,23). The highest BCUT2D eigenvalue weighted by Gasteiger charge is 2.14. The predicted molar refractivity (Wildman–Crippen MR) is 95.1 cm³/mol. The van der Waals surface area contributed by atoms with E-state index in [-0.39, 0.29) is 11.5 Å². The van der Waals surface area contributed by atoms with E-state index in [1.165, 1.54) is 36.4 Å². The number of hydrogen-bond acceptors (Lipinski definition) is 4. The summed E-state index contributed by atoms with van der Waals surface area (Å²) in [5.74, 6) is 0.696. The first-order chi connectivity index (χ1) is 12.2. The maximum absolute atomic E-state index is 12.1. The molecule has 1 aliphatic carbocycles. The van der Waals surface area contributed by atoms with Gasteiger partial charge in [0.1, 0.15) is 5.69 Å². The average Bonchev–Trinajstić information content (AvgIpc) is 3.02. The van der Waals surface area contributed by atoms with E-state index in [1.54, 1.807) is 24.5 Å². The van der Waals surface area contributed by atoms with Crippen LogP contribution in [0.1, 0.15) is 51.4 Å². The van der Waals surface area contributed by atoms with E-state index in [2.05, 4.69) is 10.4 Å². The minimum atomic E-state index is -0.167. The number of carbonyl (C=O) groups is 1. The van der Waals surface area contributed by atoms with E-state index in [0.717, 1.165) is 12.8 Å². The number of nitrogens with one attached hydrogen (secondary N) is 1. The van der Waals surface area contributed by atoms with E-state index >= 15 is 0 Å². The van der Waals surface area contributed by atoms with Crippen molar-refractivity contribution in [3.05, 3.63) is 40.9 Å². The number of aromatic nitrogens is 2. The van der Waals surface area contributed by atoms with Crippen molar-refractivity contribution in [3.63, 3.8) is 0 Å². The number of carbonyl (C=O) groups excluding carboxylic acids is 1. The maximum atomic E-state index is 12.1. The van der Waals surface area contributed by atoms with E-state index in [0.29, 0.717) is 36.9 Å². The maximum Gasteiger partial charge on any atom is 0.266 e. The number of aryl methyl sites for hydroxylation is 1. The summed E-state index contributed by atoms with van der Waals surface area (Å²) >= 11 is 0. The van der Waals surface area contributed by atoms with Gasteiger partial charge in [-0.15, -0.1) is 0 Å². The predicted octanol–water partition coefficient (Wildman–Crippen LogP) is 3.12. The highest BCUT2D eigenvalue weighted by Crippen LogP contribution is 2.17. The number of nitrogens with zero attached hydrogens (tertiary/aromatic N) is 2. The van der Waals surface area contributed by atoms with Gasteiger partial charge in [0, 0.05) is 25.1 Å². The molecule has 2 heterocycles. The molecular weight excluding hydrogens is 318 g/mol. The number of furan rings is 1. The summed E-state index contributed by atoms with van der Waals surface area (Å²) < 4.78 is 6.71. The molecule has 6 heteroatoms. The van der Waals surface area contributed by atoms with Crippen LogP contribution in [0, 0.1) is 0 Å². The summed E-state index contributed by atoms with van der Waals surface area (Å²) in [6.07, 6.45) is 9.68. The monoisotopic (exact) mass is 343 g/mol. The molecule has 0 bridgehead atoms. The molecule has 1 amide bonds. The molecule has 0 saturated heterocycles. The summed E-state index contributed by atoms with van der Waals surface area (Å²) in [6.45, 7) is 0.422. The van der Waals surface area contributed by atoms with Gasteiger partial charge in [-0.3, -0.25) is 9.59 Å².